The predicted molar refractivity (Wildman–Crippen MR) is 56.5 cm³/mol. The average molecular weight is 233 g/mol. The molecule has 0 atom stereocenters. The van der Waals surface area contributed by atoms with E-state index in [4.69, 9.17) is 4.18 Å². The molecule has 0 aromatic rings. The van der Waals surface area contributed by atoms with E-state index in [1.165, 1.54) is 12.2 Å². The highest BCUT2D eigenvalue weighted by Gasteiger charge is 2.07. The van der Waals surface area contributed by atoms with Gasteiger partial charge in [-0.05, 0) is 12.5 Å². The smallest absolute Gasteiger partial charge is 0.270 e. The van der Waals surface area contributed by atoms with Gasteiger partial charge >= 0.3 is 0 Å². The van der Waals surface area contributed by atoms with Crippen molar-refractivity contribution >= 4 is 16.2 Å². The third kappa shape index (κ3) is 9.34. The topological polar surface area (TPSA) is 72.8 Å². The zero-order valence-corrected chi connectivity index (χ0v) is 9.50. The Kier molecular flexibility index (Phi) is 7.81. The molecule has 0 bridgehead atoms. The van der Waals surface area contributed by atoms with E-state index in [1.807, 2.05) is 6.92 Å². The summed E-state index contributed by atoms with van der Waals surface area (Å²) in [6.07, 6.45) is 6.27. The lowest BCUT2D eigenvalue weighted by Crippen LogP contribution is -2.09. The molecule has 0 saturated carbocycles. The molecule has 0 rings (SSSR count). The van der Waals surface area contributed by atoms with Crippen LogP contribution in [0.5, 0.6) is 0 Å². The highest BCUT2D eigenvalue weighted by molar-refractivity contribution is 7.86. The van der Waals surface area contributed by atoms with Crippen LogP contribution in [0.2, 0.25) is 0 Å². The van der Waals surface area contributed by atoms with E-state index in [0.717, 1.165) is 25.5 Å². The number of aliphatic imine (C=N–C) groups is 1. The van der Waals surface area contributed by atoms with Crippen molar-refractivity contribution in [3.63, 3.8) is 0 Å². The second-order valence-electron chi connectivity index (χ2n) is 2.86. The summed E-state index contributed by atoms with van der Waals surface area (Å²) < 4.78 is 27.0. The molecule has 0 radical (unpaired) electrons. The Labute approximate surface area is 90.0 Å². The number of unbranched alkanes of at least 4 members (excludes halogenated alkanes) is 2. The van der Waals surface area contributed by atoms with Crippen LogP contribution >= 0.6 is 0 Å². The summed E-state index contributed by atoms with van der Waals surface area (Å²) in [6, 6.07) is 0. The zero-order chi connectivity index (χ0) is 11.6. The van der Waals surface area contributed by atoms with Crippen molar-refractivity contribution in [1.29, 1.82) is 0 Å². The molecule has 5 nitrogen and oxygen atoms in total. The first-order chi connectivity index (χ1) is 7.12. The van der Waals surface area contributed by atoms with Gasteiger partial charge in [-0.3, -0.25) is 4.18 Å². The minimum atomic E-state index is -3.52. The molecule has 86 valence electrons. The number of rotatable bonds is 8. The minimum absolute atomic E-state index is 0.209. The molecule has 0 aromatic heterocycles. The molecule has 0 aliphatic heterocycles. The molecule has 0 aliphatic rings. The molecule has 6 heteroatoms. The molecule has 0 aliphatic carbocycles. The van der Waals surface area contributed by atoms with E-state index in [0.29, 0.717) is 0 Å². The summed E-state index contributed by atoms with van der Waals surface area (Å²) in [5, 5.41) is 0. The van der Waals surface area contributed by atoms with Gasteiger partial charge in [0.25, 0.3) is 10.1 Å². The van der Waals surface area contributed by atoms with Gasteiger partial charge in [-0.15, -0.1) is 0 Å². The summed E-state index contributed by atoms with van der Waals surface area (Å²) in [5.74, 6) is -0.274. The Morgan fingerprint density at radius 1 is 1.40 bits per heavy atom. The highest BCUT2D eigenvalue weighted by atomic mass is 32.2. The molecule has 15 heavy (non-hydrogen) atoms. The fourth-order valence-electron chi connectivity index (χ4n) is 0.830. The van der Waals surface area contributed by atoms with Crippen molar-refractivity contribution < 1.29 is 17.4 Å². The van der Waals surface area contributed by atoms with Crippen LogP contribution in [0.25, 0.3) is 0 Å². The molecule has 0 saturated heterocycles. The first-order valence-electron chi connectivity index (χ1n) is 4.71. The van der Waals surface area contributed by atoms with Gasteiger partial charge in [-0.1, -0.05) is 19.8 Å². The number of isocyanates is 1. The zero-order valence-electron chi connectivity index (χ0n) is 8.68. The van der Waals surface area contributed by atoms with Crippen molar-refractivity contribution in [2.75, 3.05) is 12.4 Å². The Hall–Kier alpha value is -0.970. The second-order valence-corrected chi connectivity index (χ2v) is 4.54. The third-order valence-electron chi connectivity index (χ3n) is 1.54. The molecule has 0 fully saturated rings. The van der Waals surface area contributed by atoms with Crippen molar-refractivity contribution in [2.24, 2.45) is 4.99 Å². The van der Waals surface area contributed by atoms with Gasteiger partial charge in [0.15, 0.2) is 0 Å². The Bertz CT molecular complexity index is 328. The second kappa shape index (κ2) is 8.35. The SMILES string of the molecule is CCCCCOS(=O)(=O)CC=CN=C=O. The van der Waals surface area contributed by atoms with E-state index in [2.05, 4.69) is 4.99 Å². The fourth-order valence-corrected chi connectivity index (χ4v) is 1.62. The van der Waals surface area contributed by atoms with Crippen LogP contribution in [0, 0.1) is 0 Å². The quantitative estimate of drug-likeness (QED) is 0.275. The van der Waals surface area contributed by atoms with Crippen LogP contribution in [-0.2, 0) is 19.1 Å². The van der Waals surface area contributed by atoms with Gasteiger partial charge in [0.1, 0.15) is 0 Å². The average Bonchev–Trinajstić information content (AvgIpc) is 2.20. The maximum atomic E-state index is 11.1. The highest BCUT2D eigenvalue weighted by Crippen LogP contribution is 1.99. The standard InChI is InChI=1S/C9H15NO4S/c1-2-3-4-7-14-15(12,13)8-5-6-10-9-11/h5-6H,2-4,7-8H2,1H3. The van der Waals surface area contributed by atoms with Gasteiger partial charge in [0.05, 0.1) is 12.4 Å². The summed E-state index contributed by atoms with van der Waals surface area (Å²) in [4.78, 5) is 12.7. The van der Waals surface area contributed by atoms with Crippen LogP contribution in [0.15, 0.2) is 17.3 Å². The molecule has 0 N–H and O–H groups in total. The largest absolute Gasteiger partial charge is 0.270 e. The number of carbonyl (C=O) groups excluding carboxylic acids is 1. The minimum Gasteiger partial charge on any atom is -0.270 e. The van der Waals surface area contributed by atoms with E-state index in [9.17, 15) is 13.2 Å². The van der Waals surface area contributed by atoms with Gasteiger partial charge in [0.2, 0.25) is 6.08 Å². The lowest BCUT2D eigenvalue weighted by Gasteiger charge is -2.01. The van der Waals surface area contributed by atoms with Crippen LogP contribution in [-0.4, -0.2) is 26.9 Å². The molecule has 0 unspecified atom stereocenters. The van der Waals surface area contributed by atoms with Gasteiger partial charge in [-0.25, -0.2) is 4.79 Å². The number of hydrogen-bond donors (Lipinski definition) is 0. The Balaban J connectivity index is 3.82. The van der Waals surface area contributed by atoms with Gasteiger partial charge in [-0.2, -0.15) is 13.4 Å². The first kappa shape index (κ1) is 14.0. The lowest BCUT2D eigenvalue weighted by atomic mass is 10.3. The number of nitrogens with zero attached hydrogens (tertiary/aromatic N) is 1. The summed E-state index contributed by atoms with van der Waals surface area (Å²) >= 11 is 0. The predicted octanol–water partition coefficient (Wildman–Crippen LogP) is 1.37. The molecular weight excluding hydrogens is 218 g/mol. The van der Waals surface area contributed by atoms with Crippen molar-refractivity contribution in [3.05, 3.63) is 12.3 Å². The molecule has 0 heterocycles. The normalized spacial score (nSPS) is 11.5. The lowest BCUT2D eigenvalue weighted by molar-refractivity contribution is 0.309. The monoisotopic (exact) mass is 233 g/mol. The van der Waals surface area contributed by atoms with Crippen LogP contribution in [0.4, 0.5) is 0 Å². The van der Waals surface area contributed by atoms with Crippen LogP contribution < -0.4 is 0 Å². The number of hydrogen-bond acceptors (Lipinski definition) is 5. The summed E-state index contributed by atoms with van der Waals surface area (Å²) in [5.41, 5.74) is 0. The van der Waals surface area contributed by atoms with Crippen molar-refractivity contribution in [3.8, 4) is 0 Å². The maximum absolute atomic E-state index is 11.1. The van der Waals surface area contributed by atoms with Crippen molar-refractivity contribution in [1.82, 2.24) is 0 Å². The van der Waals surface area contributed by atoms with E-state index in [1.54, 1.807) is 0 Å². The summed E-state index contributed by atoms with van der Waals surface area (Å²) in [7, 11) is -3.52. The summed E-state index contributed by atoms with van der Waals surface area (Å²) in [6.45, 7) is 2.23. The van der Waals surface area contributed by atoms with Gasteiger partial charge < -0.3 is 0 Å². The first-order valence-corrected chi connectivity index (χ1v) is 6.29. The van der Waals surface area contributed by atoms with Crippen molar-refractivity contribution in [2.45, 2.75) is 26.2 Å². The van der Waals surface area contributed by atoms with E-state index >= 15 is 0 Å². The Morgan fingerprint density at radius 3 is 2.73 bits per heavy atom. The van der Waals surface area contributed by atoms with Crippen LogP contribution in [0.1, 0.15) is 26.2 Å². The Morgan fingerprint density at radius 2 is 2.13 bits per heavy atom. The molecular formula is C9H15NO4S. The fraction of sp³-hybridized carbons (Fsp3) is 0.667. The molecule has 0 amide bonds. The van der Waals surface area contributed by atoms with Gasteiger partial charge in [0, 0.05) is 6.20 Å². The van der Waals surface area contributed by atoms with Crippen LogP contribution in [0.3, 0.4) is 0 Å². The molecule has 0 aromatic carbocycles. The van der Waals surface area contributed by atoms with E-state index in [-0.39, 0.29) is 12.4 Å². The van der Waals surface area contributed by atoms with E-state index < -0.39 is 10.1 Å². The third-order valence-corrected chi connectivity index (χ3v) is 2.67. The maximum Gasteiger partial charge on any atom is 0.270 e. The molecule has 0 spiro atoms.